The molecule has 1 N–H and O–H groups in total. The molecule has 1 heterocycles. The monoisotopic (exact) mass is 391 g/mol. The van der Waals surface area contributed by atoms with Crippen molar-refractivity contribution in [2.24, 2.45) is 0 Å². The van der Waals surface area contributed by atoms with E-state index in [2.05, 4.69) is 5.32 Å². The third kappa shape index (κ3) is 5.20. The first-order valence-corrected chi connectivity index (χ1v) is 10.9. The molecule has 1 aliphatic rings. The second-order valence-corrected chi connectivity index (χ2v) is 9.12. The molecule has 3 rings (SSSR count). The van der Waals surface area contributed by atoms with Crippen LogP contribution in [0, 0.1) is 0 Å². The third-order valence-corrected chi connectivity index (χ3v) is 6.87. The van der Waals surface area contributed by atoms with Crippen LogP contribution in [0.3, 0.4) is 0 Å². The number of carbonyl (C=O) groups is 1. The molecule has 146 valence electrons. The zero-order valence-electron chi connectivity index (χ0n) is 15.4. The number of amides is 1. The summed E-state index contributed by atoms with van der Waals surface area (Å²) in [6, 6.07) is 13.8. The van der Waals surface area contributed by atoms with E-state index in [-0.39, 0.29) is 25.0 Å². The van der Waals surface area contributed by atoms with E-state index < -0.39 is 21.0 Å². The molecule has 0 aromatic heterocycles. The fourth-order valence-corrected chi connectivity index (χ4v) is 4.57. The lowest BCUT2D eigenvalue weighted by Crippen LogP contribution is -2.42. The lowest BCUT2D eigenvalue weighted by molar-refractivity contribution is -0.120. The molecular weight excluding hydrogens is 366 g/mol. The predicted octanol–water partition coefficient (Wildman–Crippen LogP) is 2.32. The van der Waals surface area contributed by atoms with E-state index in [0.29, 0.717) is 12.4 Å². The second kappa shape index (κ2) is 8.71. The molecule has 1 amide bonds. The summed E-state index contributed by atoms with van der Waals surface area (Å²) in [7, 11) is -3.53. The zero-order chi connectivity index (χ0) is 19.3. The number of sulfone groups is 1. The summed E-state index contributed by atoms with van der Waals surface area (Å²) in [6.45, 7) is 2.52. The molecule has 1 fully saturated rings. The van der Waals surface area contributed by atoms with Crippen molar-refractivity contribution in [3.05, 3.63) is 42.5 Å². The zero-order valence-corrected chi connectivity index (χ0v) is 16.2. The minimum absolute atomic E-state index is 0.102. The Balaban J connectivity index is 1.45. The predicted molar refractivity (Wildman–Crippen MR) is 105 cm³/mol. The molecule has 6 nitrogen and oxygen atoms in total. The van der Waals surface area contributed by atoms with E-state index in [1.54, 1.807) is 0 Å². The highest BCUT2D eigenvalue weighted by atomic mass is 32.2. The summed E-state index contributed by atoms with van der Waals surface area (Å²) in [5, 5.41) is 3.75. The Morgan fingerprint density at radius 1 is 1.26 bits per heavy atom. The van der Waals surface area contributed by atoms with Crippen LogP contribution in [0.1, 0.15) is 19.8 Å². The highest BCUT2D eigenvalue weighted by molar-refractivity contribution is 7.92. The van der Waals surface area contributed by atoms with Gasteiger partial charge < -0.3 is 14.8 Å². The van der Waals surface area contributed by atoms with Crippen molar-refractivity contribution in [3.63, 3.8) is 0 Å². The van der Waals surface area contributed by atoms with E-state index in [4.69, 9.17) is 9.47 Å². The Bertz CT molecular complexity index is 890. The summed E-state index contributed by atoms with van der Waals surface area (Å²) in [5.74, 6) is 0.104. The standard InChI is InChI=1S/C20H25NO5S/c1-15(27(23,24)14-19-7-4-11-25-19)20(22)21-10-12-26-18-9-8-16-5-2-3-6-17(16)13-18/h2-3,5-6,8-9,13,15,19H,4,7,10-12,14H2,1H3,(H,21,22). The van der Waals surface area contributed by atoms with E-state index >= 15 is 0 Å². The van der Waals surface area contributed by atoms with Gasteiger partial charge in [-0.25, -0.2) is 8.42 Å². The minimum atomic E-state index is -3.53. The number of rotatable bonds is 8. The fourth-order valence-electron chi connectivity index (χ4n) is 3.09. The number of benzene rings is 2. The van der Waals surface area contributed by atoms with Gasteiger partial charge in [-0.3, -0.25) is 4.79 Å². The molecular formula is C20H25NO5S. The molecule has 1 aliphatic heterocycles. The van der Waals surface area contributed by atoms with Crippen molar-refractivity contribution in [1.29, 1.82) is 0 Å². The first kappa shape index (κ1) is 19.6. The summed E-state index contributed by atoms with van der Waals surface area (Å²) in [5.41, 5.74) is 0. The molecule has 1 saturated heterocycles. The Hall–Kier alpha value is -2.12. The van der Waals surface area contributed by atoms with Gasteiger partial charge in [0.25, 0.3) is 0 Å². The smallest absolute Gasteiger partial charge is 0.238 e. The molecule has 7 heteroatoms. The fraction of sp³-hybridized carbons (Fsp3) is 0.450. The van der Waals surface area contributed by atoms with E-state index in [9.17, 15) is 13.2 Å². The van der Waals surface area contributed by atoms with Crippen molar-refractivity contribution in [2.45, 2.75) is 31.1 Å². The second-order valence-electron chi connectivity index (χ2n) is 6.76. The maximum Gasteiger partial charge on any atom is 0.238 e. The van der Waals surface area contributed by atoms with E-state index in [0.717, 1.165) is 23.6 Å². The number of ether oxygens (including phenoxy) is 2. The molecule has 0 saturated carbocycles. The van der Waals surface area contributed by atoms with Gasteiger partial charge in [-0.2, -0.15) is 0 Å². The summed E-state index contributed by atoms with van der Waals surface area (Å²) in [4.78, 5) is 12.2. The molecule has 27 heavy (non-hydrogen) atoms. The minimum Gasteiger partial charge on any atom is -0.492 e. The summed E-state index contributed by atoms with van der Waals surface area (Å²) < 4.78 is 35.7. The van der Waals surface area contributed by atoms with Crippen molar-refractivity contribution < 1.29 is 22.7 Å². The molecule has 2 aromatic carbocycles. The van der Waals surface area contributed by atoms with Gasteiger partial charge in [0.2, 0.25) is 5.91 Å². The summed E-state index contributed by atoms with van der Waals surface area (Å²) >= 11 is 0. The van der Waals surface area contributed by atoms with Crippen molar-refractivity contribution in [3.8, 4) is 5.75 Å². The Morgan fingerprint density at radius 3 is 2.78 bits per heavy atom. The lowest BCUT2D eigenvalue weighted by atomic mass is 10.1. The first-order valence-electron chi connectivity index (χ1n) is 9.18. The molecule has 0 aliphatic carbocycles. The van der Waals surface area contributed by atoms with Gasteiger partial charge in [0.05, 0.1) is 18.4 Å². The van der Waals surface area contributed by atoms with Crippen LogP contribution in [0.15, 0.2) is 42.5 Å². The number of carbonyl (C=O) groups excluding carboxylic acids is 1. The van der Waals surface area contributed by atoms with Gasteiger partial charge in [-0.15, -0.1) is 0 Å². The quantitative estimate of drug-likeness (QED) is 0.699. The van der Waals surface area contributed by atoms with Gasteiger partial charge in [0.15, 0.2) is 9.84 Å². The van der Waals surface area contributed by atoms with Crippen LogP contribution < -0.4 is 10.1 Å². The molecule has 2 aromatic rings. The molecule has 0 spiro atoms. The van der Waals surface area contributed by atoms with Crippen LogP contribution in [0.2, 0.25) is 0 Å². The largest absolute Gasteiger partial charge is 0.492 e. The topological polar surface area (TPSA) is 81.7 Å². The van der Waals surface area contributed by atoms with Gasteiger partial charge in [0.1, 0.15) is 17.6 Å². The van der Waals surface area contributed by atoms with Crippen LogP contribution in [0.5, 0.6) is 5.75 Å². The van der Waals surface area contributed by atoms with Gasteiger partial charge in [0, 0.05) is 6.61 Å². The molecule has 2 unspecified atom stereocenters. The highest BCUT2D eigenvalue weighted by Crippen LogP contribution is 2.20. The van der Waals surface area contributed by atoms with Crippen LogP contribution in [-0.2, 0) is 19.4 Å². The maximum absolute atomic E-state index is 12.3. The van der Waals surface area contributed by atoms with Crippen LogP contribution in [-0.4, -0.2) is 51.2 Å². The number of hydrogen-bond acceptors (Lipinski definition) is 5. The summed E-state index contributed by atoms with van der Waals surface area (Å²) in [6.07, 6.45) is 1.31. The van der Waals surface area contributed by atoms with Crippen molar-refractivity contribution in [1.82, 2.24) is 5.32 Å². The van der Waals surface area contributed by atoms with Gasteiger partial charge >= 0.3 is 0 Å². The SMILES string of the molecule is CC(C(=O)NCCOc1ccc2ccccc2c1)S(=O)(=O)CC1CCCO1. The Kier molecular flexibility index (Phi) is 6.34. The van der Waals surface area contributed by atoms with Crippen molar-refractivity contribution >= 4 is 26.5 Å². The Labute approximate surface area is 159 Å². The first-order chi connectivity index (χ1) is 13.0. The van der Waals surface area contributed by atoms with E-state index in [1.807, 2.05) is 42.5 Å². The van der Waals surface area contributed by atoms with Crippen LogP contribution in [0.25, 0.3) is 10.8 Å². The number of hydrogen-bond donors (Lipinski definition) is 1. The normalized spacial score (nSPS) is 18.3. The van der Waals surface area contributed by atoms with Crippen molar-refractivity contribution in [2.75, 3.05) is 25.5 Å². The van der Waals surface area contributed by atoms with Crippen LogP contribution in [0.4, 0.5) is 0 Å². The van der Waals surface area contributed by atoms with Gasteiger partial charge in [-0.1, -0.05) is 30.3 Å². The van der Waals surface area contributed by atoms with Crippen LogP contribution >= 0.6 is 0 Å². The number of nitrogens with one attached hydrogen (secondary N) is 1. The maximum atomic E-state index is 12.3. The lowest BCUT2D eigenvalue weighted by Gasteiger charge is -2.16. The number of fused-ring (bicyclic) bond motifs is 1. The third-order valence-electron chi connectivity index (χ3n) is 4.74. The molecule has 0 bridgehead atoms. The Morgan fingerprint density at radius 2 is 2.04 bits per heavy atom. The average molecular weight is 391 g/mol. The highest BCUT2D eigenvalue weighted by Gasteiger charge is 2.32. The molecule has 2 atom stereocenters. The van der Waals surface area contributed by atoms with E-state index in [1.165, 1.54) is 6.92 Å². The molecule has 0 radical (unpaired) electrons. The average Bonchev–Trinajstić information content (AvgIpc) is 3.16. The van der Waals surface area contributed by atoms with Gasteiger partial charge in [-0.05, 0) is 42.7 Å².